The predicted molar refractivity (Wildman–Crippen MR) is 115 cm³/mol. The summed E-state index contributed by atoms with van der Waals surface area (Å²) >= 11 is 0. The van der Waals surface area contributed by atoms with Gasteiger partial charge in [0.2, 0.25) is 15.9 Å². The van der Waals surface area contributed by atoms with E-state index < -0.39 is 10.0 Å². The number of hydrogen-bond donors (Lipinski definition) is 1. The Kier molecular flexibility index (Phi) is 8.22. The number of ether oxygens (including phenoxy) is 1. The highest BCUT2D eigenvalue weighted by atomic mass is 32.2. The molecule has 0 fully saturated rings. The fourth-order valence-corrected chi connectivity index (χ4v) is 3.80. The second-order valence-corrected chi connectivity index (χ2v) is 9.52. The number of carbonyl (C=O) groups is 1. The van der Waals surface area contributed by atoms with Gasteiger partial charge in [0.25, 0.3) is 0 Å². The zero-order valence-corrected chi connectivity index (χ0v) is 18.3. The van der Waals surface area contributed by atoms with E-state index in [4.69, 9.17) is 4.74 Å². The monoisotopic (exact) mass is 418 g/mol. The van der Waals surface area contributed by atoms with Gasteiger partial charge in [-0.1, -0.05) is 56.3 Å². The van der Waals surface area contributed by atoms with E-state index in [0.717, 1.165) is 29.6 Å². The fraction of sp³-hybridized carbons (Fsp3) is 0.409. The van der Waals surface area contributed by atoms with Crippen molar-refractivity contribution in [2.24, 2.45) is 5.92 Å². The van der Waals surface area contributed by atoms with E-state index in [1.54, 1.807) is 7.11 Å². The molecule has 1 N–H and O–H groups in total. The molecule has 0 saturated carbocycles. The van der Waals surface area contributed by atoms with Crippen molar-refractivity contribution in [3.05, 3.63) is 65.7 Å². The number of amides is 1. The lowest BCUT2D eigenvalue weighted by Gasteiger charge is -2.24. The summed E-state index contributed by atoms with van der Waals surface area (Å²) in [6.07, 6.45) is 1.87. The maximum absolute atomic E-state index is 12.7. The lowest BCUT2D eigenvalue weighted by atomic mass is 9.97. The van der Waals surface area contributed by atoms with Crippen LogP contribution in [0.15, 0.2) is 54.6 Å². The average molecular weight is 419 g/mol. The molecule has 1 atom stereocenters. The van der Waals surface area contributed by atoms with Crippen molar-refractivity contribution in [2.45, 2.75) is 32.9 Å². The van der Waals surface area contributed by atoms with Gasteiger partial charge in [0.15, 0.2) is 0 Å². The standard InChI is InChI=1S/C22H30N2O4S/c1-17(2)14-21(19-10-12-20(28-3)13-11-19)23-22(25)16-24(29(4,26)27)15-18-8-6-5-7-9-18/h5-13,17,21H,14-16H2,1-4H3,(H,23,25). The third-order valence-corrected chi connectivity index (χ3v) is 5.75. The maximum atomic E-state index is 12.7. The minimum Gasteiger partial charge on any atom is -0.497 e. The molecule has 0 aliphatic carbocycles. The molecule has 1 amide bonds. The minimum atomic E-state index is -3.53. The third kappa shape index (κ3) is 7.51. The van der Waals surface area contributed by atoms with Crippen molar-refractivity contribution >= 4 is 15.9 Å². The molecule has 0 saturated heterocycles. The van der Waals surface area contributed by atoms with Crippen LogP contribution in [0.2, 0.25) is 0 Å². The highest BCUT2D eigenvalue weighted by Crippen LogP contribution is 2.23. The van der Waals surface area contributed by atoms with E-state index >= 15 is 0 Å². The highest BCUT2D eigenvalue weighted by molar-refractivity contribution is 7.88. The van der Waals surface area contributed by atoms with Gasteiger partial charge >= 0.3 is 0 Å². The SMILES string of the molecule is COc1ccc(C(CC(C)C)NC(=O)CN(Cc2ccccc2)S(C)(=O)=O)cc1. The Morgan fingerprint density at radius 2 is 1.69 bits per heavy atom. The minimum absolute atomic E-state index is 0.157. The van der Waals surface area contributed by atoms with Crippen LogP contribution in [-0.4, -0.2) is 38.5 Å². The number of benzene rings is 2. The topological polar surface area (TPSA) is 75.7 Å². The summed E-state index contributed by atoms with van der Waals surface area (Å²) in [6.45, 7) is 4.10. The third-order valence-electron chi connectivity index (χ3n) is 4.55. The predicted octanol–water partition coefficient (Wildman–Crippen LogP) is 3.36. The summed E-state index contributed by atoms with van der Waals surface area (Å²) in [7, 11) is -1.93. The lowest BCUT2D eigenvalue weighted by molar-refractivity contribution is -0.122. The quantitative estimate of drug-likeness (QED) is 0.642. The van der Waals surface area contributed by atoms with Crippen LogP contribution in [0.25, 0.3) is 0 Å². The molecule has 0 aromatic heterocycles. The van der Waals surface area contributed by atoms with E-state index in [1.807, 2.05) is 54.6 Å². The molecule has 7 heteroatoms. The van der Waals surface area contributed by atoms with Crippen LogP contribution in [0.3, 0.4) is 0 Å². The first-order chi connectivity index (χ1) is 13.7. The first kappa shape index (κ1) is 22.9. The van der Waals surface area contributed by atoms with E-state index in [0.29, 0.717) is 5.92 Å². The first-order valence-corrected chi connectivity index (χ1v) is 11.5. The first-order valence-electron chi connectivity index (χ1n) is 9.61. The Labute approximate surface area is 173 Å². The highest BCUT2D eigenvalue weighted by Gasteiger charge is 2.23. The maximum Gasteiger partial charge on any atom is 0.235 e. The molecule has 158 valence electrons. The Morgan fingerprint density at radius 3 is 2.21 bits per heavy atom. The largest absolute Gasteiger partial charge is 0.497 e. The van der Waals surface area contributed by atoms with Gasteiger partial charge in [0, 0.05) is 6.54 Å². The van der Waals surface area contributed by atoms with Gasteiger partial charge in [-0.05, 0) is 35.6 Å². The van der Waals surface area contributed by atoms with Crippen molar-refractivity contribution in [3.63, 3.8) is 0 Å². The van der Waals surface area contributed by atoms with Gasteiger partial charge in [-0.3, -0.25) is 4.79 Å². The second kappa shape index (κ2) is 10.4. The van der Waals surface area contributed by atoms with E-state index in [2.05, 4.69) is 19.2 Å². The molecule has 2 aromatic carbocycles. The number of sulfonamides is 1. The number of methoxy groups -OCH3 is 1. The Bertz CT molecular complexity index is 881. The molecule has 2 aromatic rings. The Balaban J connectivity index is 2.13. The summed E-state index contributed by atoms with van der Waals surface area (Å²) in [5, 5.41) is 3.00. The van der Waals surface area contributed by atoms with Gasteiger partial charge in [-0.2, -0.15) is 4.31 Å². The number of nitrogens with zero attached hydrogens (tertiary/aromatic N) is 1. The van der Waals surface area contributed by atoms with E-state index in [9.17, 15) is 13.2 Å². The van der Waals surface area contributed by atoms with Crippen molar-refractivity contribution in [1.29, 1.82) is 0 Å². The van der Waals surface area contributed by atoms with Gasteiger partial charge in [0.05, 0.1) is 26.0 Å². The molecule has 1 unspecified atom stereocenters. The van der Waals surface area contributed by atoms with Crippen molar-refractivity contribution in [1.82, 2.24) is 9.62 Å². The smallest absolute Gasteiger partial charge is 0.235 e. The fourth-order valence-electron chi connectivity index (χ4n) is 3.06. The number of nitrogens with one attached hydrogen (secondary N) is 1. The van der Waals surface area contributed by atoms with Crippen LogP contribution >= 0.6 is 0 Å². The molecule has 2 rings (SSSR count). The summed E-state index contributed by atoms with van der Waals surface area (Å²) in [5.74, 6) is 0.778. The van der Waals surface area contributed by atoms with Gasteiger partial charge in [0.1, 0.15) is 5.75 Å². The molecular weight excluding hydrogens is 388 g/mol. The molecule has 0 spiro atoms. The van der Waals surface area contributed by atoms with Gasteiger partial charge < -0.3 is 10.1 Å². The molecule has 0 bridgehead atoms. The van der Waals surface area contributed by atoms with E-state index in [-0.39, 0.29) is 25.0 Å². The summed E-state index contributed by atoms with van der Waals surface area (Å²) in [5.41, 5.74) is 1.79. The van der Waals surface area contributed by atoms with Gasteiger partial charge in [-0.15, -0.1) is 0 Å². The number of rotatable bonds is 10. The van der Waals surface area contributed by atoms with Crippen molar-refractivity contribution < 1.29 is 17.9 Å². The zero-order chi connectivity index (χ0) is 21.4. The molecule has 0 heterocycles. The van der Waals surface area contributed by atoms with Crippen LogP contribution in [0, 0.1) is 5.92 Å². The molecule has 0 radical (unpaired) electrons. The lowest BCUT2D eigenvalue weighted by Crippen LogP contribution is -2.41. The molecule has 29 heavy (non-hydrogen) atoms. The van der Waals surface area contributed by atoms with Crippen LogP contribution in [0.4, 0.5) is 0 Å². The van der Waals surface area contributed by atoms with Crippen molar-refractivity contribution in [3.8, 4) is 5.75 Å². The second-order valence-electron chi connectivity index (χ2n) is 7.54. The Morgan fingerprint density at radius 1 is 1.07 bits per heavy atom. The van der Waals surface area contributed by atoms with Gasteiger partial charge in [-0.25, -0.2) is 8.42 Å². The van der Waals surface area contributed by atoms with Crippen LogP contribution in [0.1, 0.15) is 37.4 Å². The average Bonchev–Trinajstić information content (AvgIpc) is 2.67. The van der Waals surface area contributed by atoms with E-state index in [1.165, 1.54) is 4.31 Å². The normalized spacial score (nSPS) is 12.8. The molecule has 0 aliphatic rings. The molecule has 6 nitrogen and oxygen atoms in total. The molecule has 0 aliphatic heterocycles. The Hall–Kier alpha value is -2.38. The zero-order valence-electron chi connectivity index (χ0n) is 17.5. The van der Waals surface area contributed by atoms with Crippen LogP contribution < -0.4 is 10.1 Å². The molecular formula is C22H30N2O4S. The van der Waals surface area contributed by atoms with Crippen molar-refractivity contribution in [2.75, 3.05) is 19.9 Å². The number of hydrogen-bond acceptors (Lipinski definition) is 4. The summed E-state index contributed by atoms with van der Waals surface area (Å²) in [6, 6.07) is 16.6. The number of carbonyl (C=O) groups excluding carboxylic acids is 1. The van der Waals surface area contributed by atoms with Crippen LogP contribution in [0.5, 0.6) is 5.75 Å². The van der Waals surface area contributed by atoms with Crippen LogP contribution in [-0.2, 0) is 21.4 Å². The summed E-state index contributed by atoms with van der Waals surface area (Å²) < 4.78 is 30.8. The summed E-state index contributed by atoms with van der Waals surface area (Å²) in [4.78, 5) is 12.7.